The molecule has 1 unspecified atom stereocenters. The Morgan fingerprint density at radius 2 is 1.90 bits per heavy atom. The third-order valence-corrected chi connectivity index (χ3v) is 4.14. The Morgan fingerprint density at radius 1 is 1.24 bits per heavy atom. The van der Waals surface area contributed by atoms with E-state index in [1.165, 1.54) is 0 Å². The van der Waals surface area contributed by atoms with E-state index in [-0.39, 0.29) is 23.8 Å². The van der Waals surface area contributed by atoms with E-state index in [4.69, 9.17) is 5.73 Å². The standard InChI is InChI=1S/C16H31N3O2/c1-3-5-9-18-16(21)13-7-10-19(11-8-13)15(20)12-14(17)6-4-2/h13-14H,3-12,17H2,1-2H3,(H,18,21). The summed E-state index contributed by atoms with van der Waals surface area (Å²) < 4.78 is 0. The average Bonchev–Trinajstić information content (AvgIpc) is 2.47. The molecule has 1 atom stereocenters. The first kappa shape index (κ1) is 18.0. The van der Waals surface area contributed by atoms with Gasteiger partial charge in [0.15, 0.2) is 0 Å². The topological polar surface area (TPSA) is 75.4 Å². The van der Waals surface area contributed by atoms with Crippen LogP contribution in [0.2, 0.25) is 0 Å². The summed E-state index contributed by atoms with van der Waals surface area (Å²) in [5.41, 5.74) is 5.92. The van der Waals surface area contributed by atoms with E-state index in [1.807, 2.05) is 4.90 Å². The second-order valence-electron chi connectivity index (χ2n) is 6.05. The van der Waals surface area contributed by atoms with Gasteiger partial charge in [-0.25, -0.2) is 0 Å². The highest BCUT2D eigenvalue weighted by atomic mass is 16.2. The van der Waals surface area contributed by atoms with Crippen LogP contribution in [0.25, 0.3) is 0 Å². The zero-order chi connectivity index (χ0) is 15.7. The van der Waals surface area contributed by atoms with Crippen LogP contribution >= 0.6 is 0 Å². The van der Waals surface area contributed by atoms with Crippen LogP contribution in [0.15, 0.2) is 0 Å². The molecule has 0 aromatic carbocycles. The number of amides is 2. The summed E-state index contributed by atoms with van der Waals surface area (Å²) in [7, 11) is 0. The van der Waals surface area contributed by atoms with E-state index in [0.717, 1.165) is 45.1 Å². The maximum Gasteiger partial charge on any atom is 0.224 e. The first-order chi connectivity index (χ1) is 10.1. The van der Waals surface area contributed by atoms with E-state index >= 15 is 0 Å². The van der Waals surface area contributed by atoms with Gasteiger partial charge in [-0.3, -0.25) is 9.59 Å². The van der Waals surface area contributed by atoms with Gasteiger partial charge in [0.2, 0.25) is 11.8 Å². The predicted molar refractivity (Wildman–Crippen MR) is 84.7 cm³/mol. The molecule has 1 aliphatic heterocycles. The number of nitrogens with two attached hydrogens (primary N) is 1. The van der Waals surface area contributed by atoms with Crippen molar-refractivity contribution in [3.8, 4) is 0 Å². The molecule has 1 rings (SSSR count). The molecule has 1 aliphatic rings. The van der Waals surface area contributed by atoms with Crippen molar-refractivity contribution in [3.63, 3.8) is 0 Å². The summed E-state index contributed by atoms with van der Waals surface area (Å²) in [6, 6.07) is -0.0300. The van der Waals surface area contributed by atoms with Crippen molar-refractivity contribution < 1.29 is 9.59 Å². The lowest BCUT2D eigenvalue weighted by molar-refractivity contribution is -0.135. The first-order valence-corrected chi connectivity index (χ1v) is 8.39. The van der Waals surface area contributed by atoms with Crippen LogP contribution in [0.3, 0.4) is 0 Å². The summed E-state index contributed by atoms with van der Waals surface area (Å²) in [6.07, 6.45) is 5.99. The SMILES string of the molecule is CCCCNC(=O)C1CCN(C(=O)CC(N)CCC)CC1. The zero-order valence-electron chi connectivity index (χ0n) is 13.6. The summed E-state index contributed by atoms with van der Waals surface area (Å²) >= 11 is 0. The lowest BCUT2D eigenvalue weighted by Crippen LogP contribution is -2.44. The van der Waals surface area contributed by atoms with Gasteiger partial charge in [-0.2, -0.15) is 0 Å². The van der Waals surface area contributed by atoms with E-state index in [0.29, 0.717) is 19.5 Å². The molecule has 0 saturated carbocycles. The molecular formula is C16H31N3O2. The van der Waals surface area contributed by atoms with Crippen molar-refractivity contribution in [1.29, 1.82) is 0 Å². The van der Waals surface area contributed by atoms with Crippen molar-refractivity contribution in [2.45, 2.75) is 64.8 Å². The molecule has 1 fully saturated rings. The normalized spacial score (nSPS) is 17.6. The van der Waals surface area contributed by atoms with Crippen molar-refractivity contribution >= 4 is 11.8 Å². The van der Waals surface area contributed by atoms with Crippen molar-refractivity contribution in [3.05, 3.63) is 0 Å². The summed E-state index contributed by atoms with van der Waals surface area (Å²) in [5, 5.41) is 2.98. The van der Waals surface area contributed by atoms with Gasteiger partial charge in [0.1, 0.15) is 0 Å². The van der Waals surface area contributed by atoms with Crippen LogP contribution in [-0.2, 0) is 9.59 Å². The third-order valence-electron chi connectivity index (χ3n) is 4.14. The Bertz CT molecular complexity index is 325. The third kappa shape index (κ3) is 6.46. The van der Waals surface area contributed by atoms with Crippen LogP contribution in [0.5, 0.6) is 0 Å². The second-order valence-corrected chi connectivity index (χ2v) is 6.05. The Hall–Kier alpha value is -1.10. The molecule has 0 radical (unpaired) electrons. The minimum absolute atomic E-state index is 0.0300. The molecule has 122 valence electrons. The highest BCUT2D eigenvalue weighted by molar-refractivity contribution is 5.80. The largest absolute Gasteiger partial charge is 0.356 e. The molecule has 1 heterocycles. The van der Waals surface area contributed by atoms with Crippen LogP contribution in [0, 0.1) is 5.92 Å². The number of rotatable bonds is 8. The van der Waals surface area contributed by atoms with Gasteiger partial charge in [0, 0.05) is 38.0 Å². The minimum atomic E-state index is -0.0300. The summed E-state index contributed by atoms with van der Waals surface area (Å²) in [6.45, 7) is 6.32. The fourth-order valence-corrected chi connectivity index (χ4v) is 2.75. The van der Waals surface area contributed by atoms with Gasteiger partial charge >= 0.3 is 0 Å². The number of carbonyl (C=O) groups excluding carboxylic acids is 2. The molecule has 5 nitrogen and oxygen atoms in total. The zero-order valence-corrected chi connectivity index (χ0v) is 13.6. The van der Waals surface area contributed by atoms with Crippen LogP contribution in [0.4, 0.5) is 0 Å². The molecule has 2 amide bonds. The molecule has 21 heavy (non-hydrogen) atoms. The molecule has 0 aromatic heterocycles. The summed E-state index contributed by atoms with van der Waals surface area (Å²) in [5.74, 6) is 0.356. The van der Waals surface area contributed by atoms with E-state index in [9.17, 15) is 9.59 Å². The van der Waals surface area contributed by atoms with Crippen LogP contribution in [-0.4, -0.2) is 42.4 Å². The maximum atomic E-state index is 12.1. The van der Waals surface area contributed by atoms with Gasteiger partial charge in [-0.05, 0) is 25.7 Å². The second kappa shape index (κ2) is 9.77. The van der Waals surface area contributed by atoms with Gasteiger partial charge in [0.25, 0.3) is 0 Å². The number of unbranched alkanes of at least 4 members (excludes halogenated alkanes) is 1. The number of nitrogens with one attached hydrogen (secondary N) is 1. The van der Waals surface area contributed by atoms with Gasteiger partial charge in [-0.1, -0.05) is 26.7 Å². The minimum Gasteiger partial charge on any atom is -0.356 e. The maximum absolute atomic E-state index is 12.1. The Balaban J connectivity index is 2.28. The molecule has 1 saturated heterocycles. The van der Waals surface area contributed by atoms with Gasteiger partial charge in [0.05, 0.1) is 0 Å². The number of hydrogen-bond acceptors (Lipinski definition) is 3. The van der Waals surface area contributed by atoms with Crippen LogP contribution in [0.1, 0.15) is 58.8 Å². The van der Waals surface area contributed by atoms with Gasteiger partial charge < -0.3 is 16.0 Å². The van der Waals surface area contributed by atoms with E-state index < -0.39 is 0 Å². The summed E-state index contributed by atoms with van der Waals surface area (Å²) in [4.78, 5) is 26.0. The molecular weight excluding hydrogens is 266 g/mol. The highest BCUT2D eigenvalue weighted by Crippen LogP contribution is 2.18. The Morgan fingerprint density at radius 3 is 2.48 bits per heavy atom. The number of hydrogen-bond donors (Lipinski definition) is 2. The predicted octanol–water partition coefficient (Wildman–Crippen LogP) is 1.66. The fraction of sp³-hybridized carbons (Fsp3) is 0.875. The van der Waals surface area contributed by atoms with E-state index in [1.54, 1.807) is 0 Å². The monoisotopic (exact) mass is 297 g/mol. The number of likely N-dealkylation sites (tertiary alicyclic amines) is 1. The van der Waals surface area contributed by atoms with Gasteiger partial charge in [-0.15, -0.1) is 0 Å². The van der Waals surface area contributed by atoms with Crippen molar-refractivity contribution in [2.75, 3.05) is 19.6 Å². The lowest BCUT2D eigenvalue weighted by atomic mass is 9.95. The Kier molecular flexibility index (Phi) is 8.35. The molecule has 5 heteroatoms. The van der Waals surface area contributed by atoms with Crippen molar-refractivity contribution in [1.82, 2.24) is 10.2 Å². The quantitative estimate of drug-likeness (QED) is 0.669. The number of carbonyl (C=O) groups is 2. The average molecular weight is 297 g/mol. The smallest absolute Gasteiger partial charge is 0.224 e. The van der Waals surface area contributed by atoms with Crippen LogP contribution < -0.4 is 11.1 Å². The lowest BCUT2D eigenvalue weighted by Gasteiger charge is -2.32. The molecule has 0 aromatic rings. The molecule has 0 spiro atoms. The highest BCUT2D eigenvalue weighted by Gasteiger charge is 2.27. The molecule has 0 bridgehead atoms. The number of piperidine rings is 1. The van der Waals surface area contributed by atoms with Crippen molar-refractivity contribution in [2.24, 2.45) is 11.7 Å². The first-order valence-electron chi connectivity index (χ1n) is 8.39. The molecule has 3 N–H and O–H groups in total. The number of nitrogens with zero attached hydrogens (tertiary/aromatic N) is 1. The molecule has 0 aliphatic carbocycles. The Labute approximate surface area is 128 Å². The van der Waals surface area contributed by atoms with E-state index in [2.05, 4.69) is 19.2 Å². The fourth-order valence-electron chi connectivity index (χ4n) is 2.75.